The predicted molar refractivity (Wildman–Crippen MR) is 82.8 cm³/mol. The highest BCUT2D eigenvalue weighted by molar-refractivity contribution is 9.10. The number of carbonyl (C=O) groups excluding carboxylic acids is 2. The van der Waals surface area contributed by atoms with Gasteiger partial charge in [0.1, 0.15) is 12.3 Å². The van der Waals surface area contributed by atoms with E-state index >= 15 is 0 Å². The molecule has 1 aromatic heterocycles. The van der Waals surface area contributed by atoms with Gasteiger partial charge in [0.15, 0.2) is 0 Å². The molecule has 0 bridgehead atoms. The molecule has 0 spiro atoms. The van der Waals surface area contributed by atoms with E-state index in [0.717, 1.165) is 15.9 Å². The van der Waals surface area contributed by atoms with Gasteiger partial charge in [-0.25, -0.2) is 9.59 Å². The number of ether oxygens (including phenoxy) is 2. The van der Waals surface area contributed by atoms with Crippen LogP contribution in [0.2, 0.25) is 0 Å². The molecule has 0 aliphatic rings. The molecule has 1 heterocycles. The van der Waals surface area contributed by atoms with Crippen LogP contribution < -0.4 is 4.74 Å². The second kappa shape index (κ2) is 6.74. The molecular formula is C15H15BrN2O4. The Kier molecular flexibility index (Phi) is 4.97. The van der Waals surface area contributed by atoms with Crippen LogP contribution >= 0.6 is 15.9 Å². The number of esters is 2. The average molecular weight is 367 g/mol. The Morgan fingerprint density at radius 1 is 1.23 bits per heavy atom. The number of nitrogens with zero attached hydrogens (tertiary/aromatic N) is 2. The van der Waals surface area contributed by atoms with E-state index in [-0.39, 0.29) is 6.54 Å². The Morgan fingerprint density at radius 2 is 1.86 bits per heavy atom. The van der Waals surface area contributed by atoms with E-state index in [1.54, 1.807) is 16.8 Å². The molecule has 0 aliphatic carbocycles. The summed E-state index contributed by atoms with van der Waals surface area (Å²) in [4.78, 5) is 23.3. The summed E-state index contributed by atoms with van der Waals surface area (Å²) in [6, 6.07) is 6.16. The summed E-state index contributed by atoms with van der Waals surface area (Å²) in [6.45, 7) is 3.73. The number of benzene rings is 1. The molecule has 22 heavy (non-hydrogen) atoms. The van der Waals surface area contributed by atoms with Gasteiger partial charge < -0.3 is 9.47 Å². The van der Waals surface area contributed by atoms with Gasteiger partial charge in [0.05, 0.1) is 28.5 Å². The maximum absolute atomic E-state index is 11.9. The first kappa shape index (κ1) is 16.2. The quantitative estimate of drug-likeness (QED) is 0.614. The predicted octanol–water partition coefficient (Wildman–Crippen LogP) is 2.65. The minimum atomic E-state index is -0.441. The van der Waals surface area contributed by atoms with Crippen molar-refractivity contribution in [1.82, 2.24) is 9.78 Å². The molecule has 0 saturated carbocycles. The fourth-order valence-electron chi connectivity index (χ4n) is 1.89. The highest BCUT2D eigenvalue weighted by Gasteiger charge is 2.13. The van der Waals surface area contributed by atoms with Crippen LogP contribution in [0.3, 0.4) is 0 Å². The van der Waals surface area contributed by atoms with Gasteiger partial charge in [-0.1, -0.05) is 0 Å². The van der Waals surface area contributed by atoms with Crippen LogP contribution in [0.25, 0.3) is 0 Å². The molecule has 0 amide bonds. The summed E-state index contributed by atoms with van der Waals surface area (Å²) in [6.07, 6.45) is 0. The van der Waals surface area contributed by atoms with E-state index in [2.05, 4.69) is 25.8 Å². The number of hydrogen-bond donors (Lipinski definition) is 0. The third-order valence-electron chi connectivity index (χ3n) is 3.08. The SMILES string of the molecule is COC(=O)c1ccc(OC(=O)Cn2nc(C)c(Br)c2C)cc1. The number of rotatable bonds is 4. The first-order valence-electron chi connectivity index (χ1n) is 6.51. The number of hydrogen-bond acceptors (Lipinski definition) is 5. The fourth-order valence-corrected chi connectivity index (χ4v) is 2.18. The minimum Gasteiger partial charge on any atom is -0.465 e. The van der Waals surface area contributed by atoms with Crippen molar-refractivity contribution in [3.8, 4) is 5.75 Å². The molecule has 7 heteroatoms. The van der Waals surface area contributed by atoms with Crippen LogP contribution in [-0.4, -0.2) is 28.8 Å². The Bertz CT molecular complexity index is 707. The van der Waals surface area contributed by atoms with Crippen LogP contribution in [0.1, 0.15) is 21.7 Å². The molecule has 2 rings (SSSR count). The molecular weight excluding hydrogens is 352 g/mol. The normalized spacial score (nSPS) is 10.4. The minimum absolute atomic E-state index is 0.0109. The monoisotopic (exact) mass is 366 g/mol. The van der Waals surface area contributed by atoms with Gasteiger partial charge in [-0.3, -0.25) is 4.68 Å². The lowest BCUT2D eigenvalue weighted by molar-refractivity contribution is -0.135. The van der Waals surface area contributed by atoms with Crippen LogP contribution in [0.4, 0.5) is 0 Å². The molecule has 0 atom stereocenters. The third kappa shape index (κ3) is 3.54. The molecule has 6 nitrogen and oxygen atoms in total. The summed E-state index contributed by atoms with van der Waals surface area (Å²) in [5.41, 5.74) is 2.06. The van der Waals surface area contributed by atoms with Crippen LogP contribution in [-0.2, 0) is 16.1 Å². The van der Waals surface area contributed by atoms with Crippen molar-refractivity contribution in [2.24, 2.45) is 0 Å². The second-order valence-corrected chi connectivity index (χ2v) is 5.43. The van der Waals surface area contributed by atoms with Crippen LogP contribution in [0.5, 0.6) is 5.75 Å². The van der Waals surface area contributed by atoms with Crippen molar-refractivity contribution >= 4 is 27.9 Å². The van der Waals surface area contributed by atoms with Gasteiger partial charge in [-0.2, -0.15) is 5.10 Å². The van der Waals surface area contributed by atoms with Gasteiger partial charge in [0.2, 0.25) is 0 Å². The highest BCUT2D eigenvalue weighted by atomic mass is 79.9. The molecule has 116 valence electrons. The Morgan fingerprint density at radius 3 is 2.36 bits per heavy atom. The Labute approximate surface area is 136 Å². The Hall–Kier alpha value is -2.15. The van der Waals surface area contributed by atoms with E-state index in [9.17, 15) is 9.59 Å². The first-order valence-corrected chi connectivity index (χ1v) is 7.30. The lowest BCUT2D eigenvalue weighted by Gasteiger charge is -2.06. The zero-order valence-electron chi connectivity index (χ0n) is 12.4. The van der Waals surface area contributed by atoms with Gasteiger partial charge in [0, 0.05) is 0 Å². The standard InChI is InChI=1S/C15H15BrN2O4/c1-9-14(16)10(2)18(17-9)8-13(19)22-12-6-4-11(5-7-12)15(20)21-3/h4-7H,8H2,1-3H3. The number of carbonyl (C=O) groups is 2. The molecule has 0 unspecified atom stereocenters. The summed E-state index contributed by atoms with van der Waals surface area (Å²) >= 11 is 3.41. The smallest absolute Gasteiger partial charge is 0.337 e. The molecule has 0 fully saturated rings. The van der Waals surface area contributed by atoms with Crippen molar-refractivity contribution in [3.63, 3.8) is 0 Å². The Balaban J connectivity index is 2.03. The largest absolute Gasteiger partial charge is 0.465 e. The van der Waals surface area contributed by atoms with Gasteiger partial charge in [-0.05, 0) is 54.0 Å². The van der Waals surface area contributed by atoms with Crippen molar-refractivity contribution < 1.29 is 19.1 Å². The molecule has 2 aromatic rings. The number of aryl methyl sites for hydroxylation is 1. The van der Waals surface area contributed by atoms with Gasteiger partial charge in [0.25, 0.3) is 0 Å². The maximum atomic E-state index is 11.9. The average Bonchev–Trinajstić information content (AvgIpc) is 2.74. The number of methoxy groups -OCH3 is 1. The summed E-state index contributed by atoms with van der Waals surface area (Å²) < 4.78 is 12.3. The third-order valence-corrected chi connectivity index (χ3v) is 4.23. The first-order chi connectivity index (χ1) is 10.4. The van der Waals surface area contributed by atoms with E-state index in [4.69, 9.17) is 4.74 Å². The summed E-state index contributed by atoms with van der Waals surface area (Å²) in [5.74, 6) is -0.521. The van der Waals surface area contributed by atoms with Gasteiger partial charge in [-0.15, -0.1) is 0 Å². The lowest BCUT2D eigenvalue weighted by atomic mass is 10.2. The van der Waals surface area contributed by atoms with Crippen LogP contribution in [0, 0.1) is 13.8 Å². The number of aromatic nitrogens is 2. The zero-order chi connectivity index (χ0) is 16.3. The van der Waals surface area contributed by atoms with Crippen LogP contribution in [0.15, 0.2) is 28.7 Å². The molecule has 1 aromatic carbocycles. The lowest BCUT2D eigenvalue weighted by Crippen LogP contribution is -2.18. The van der Waals surface area contributed by atoms with Gasteiger partial charge >= 0.3 is 11.9 Å². The topological polar surface area (TPSA) is 70.4 Å². The van der Waals surface area contributed by atoms with E-state index < -0.39 is 11.9 Å². The molecule has 0 radical (unpaired) electrons. The maximum Gasteiger partial charge on any atom is 0.337 e. The second-order valence-electron chi connectivity index (χ2n) is 4.63. The summed E-state index contributed by atoms with van der Waals surface area (Å²) in [5, 5.41) is 4.25. The molecule has 0 N–H and O–H groups in total. The van der Waals surface area contributed by atoms with Crippen molar-refractivity contribution in [3.05, 3.63) is 45.7 Å². The highest BCUT2D eigenvalue weighted by Crippen LogP contribution is 2.20. The fraction of sp³-hybridized carbons (Fsp3) is 0.267. The molecule has 0 saturated heterocycles. The van der Waals surface area contributed by atoms with E-state index in [1.807, 2.05) is 13.8 Å². The van der Waals surface area contributed by atoms with E-state index in [0.29, 0.717) is 11.3 Å². The summed E-state index contributed by atoms with van der Waals surface area (Å²) in [7, 11) is 1.31. The zero-order valence-corrected chi connectivity index (χ0v) is 14.0. The van der Waals surface area contributed by atoms with E-state index in [1.165, 1.54) is 19.2 Å². The number of halogens is 1. The van der Waals surface area contributed by atoms with Crippen molar-refractivity contribution in [1.29, 1.82) is 0 Å². The van der Waals surface area contributed by atoms with Crippen molar-refractivity contribution in [2.45, 2.75) is 20.4 Å². The van der Waals surface area contributed by atoms with Crippen molar-refractivity contribution in [2.75, 3.05) is 7.11 Å². The molecule has 0 aliphatic heterocycles.